The van der Waals surface area contributed by atoms with Crippen LogP contribution < -0.4 is 4.74 Å². The fourth-order valence-electron chi connectivity index (χ4n) is 2.15. The molecule has 0 atom stereocenters. The molecule has 0 radical (unpaired) electrons. The van der Waals surface area contributed by atoms with Gasteiger partial charge in [-0.2, -0.15) is 0 Å². The van der Waals surface area contributed by atoms with Gasteiger partial charge in [0, 0.05) is 5.56 Å². The first-order valence-corrected chi connectivity index (χ1v) is 6.16. The molecule has 0 aliphatic heterocycles. The zero-order chi connectivity index (χ0) is 15.0. The van der Waals surface area contributed by atoms with Crippen LogP contribution in [0.1, 0.15) is 10.4 Å². The number of carbonyl (C=O) groups is 1. The standard InChI is InChI=1S/C15H11FN2O3/c1-21-12-7-8(5-6-10(12)16)14-17-11-4-2-3-9(15(19)20)13(11)18-14/h2-7H,1H3,(H,17,18)(H,19,20). The monoisotopic (exact) mass is 286 g/mol. The van der Waals surface area contributed by atoms with Gasteiger partial charge in [-0.05, 0) is 30.3 Å². The van der Waals surface area contributed by atoms with E-state index in [4.69, 9.17) is 9.84 Å². The number of methoxy groups -OCH3 is 1. The molecule has 0 saturated heterocycles. The van der Waals surface area contributed by atoms with Crippen molar-refractivity contribution in [3.8, 4) is 17.1 Å². The molecule has 0 aliphatic rings. The Morgan fingerprint density at radius 2 is 2.14 bits per heavy atom. The van der Waals surface area contributed by atoms with E-state index in [-0.39, 0.29) is 11.3 Å². The number of H-pyrrole nitrogens is 1. The fourth-order valence-corrected chi connectivity index (χ4v) is 2.15. The largest absolute Gasteiger partial charge is 0.494 e. The molecular weight excluding hydrogens is 275 g/mol. The number of nitrogens with zero attached hydrogens (tertiary/aromatic N) is 1. The molecule has 0 spiro atoms. The average molecular weight is 286 g/mol. The number of fused-ring (bicyclic) bond motifs is 1. The molecule has 0 unspecified atom stereocenters. The van der Waals surface area contributed by atoms with Crippen LogP contribution in [0, 0.1) is 5.82 Å². The Bertz CT molecular complexity index is 842. The lowest BCUT2D eigenvalue weighted by molar-refractivity contribution is 0.0699. The van der Waals surface area contributed by atoms with Crippen molar-refractivity contribution in [3.05, 3.63) is 47.8 Å². The van der Waals surface area contributed by atoms with E-state index >= 15 is 0 Å². The van der Waals surface area contributed by atoms with Gasteiger partial charge in [0.25, 0.3) is 0 Å². The van der Waals surface area contributed by atoms with Crippen LogP contribution in [0.25, 0.3) is 22.4 Å². The van der Waals surface area contributed by atoms with E-state index < -0.39 is 11.8 Å². The summed E-state index contributed by atoms with van der Waals surface area (Å²) >= 11 is 0. The van der Waals surface area contributed by atoms with Gasteiger partial charge in [0.1, 0.15) is 11.3 Å². The smallest absolute Gasteiger partial charge is 0.337 e. The van der Waals surface area contributed by atoms with Gasteiger partial charge in [-0.25, -0.2) is 14.2 Å². The van der Waals surface area contributed by atoms with Crippen LogP contribution >= 0.6 is 0 Å². The summed E-state index contributed by atoms with van der Waals surface area (Å²) in [5.41, 5.74) is 1.70. The van der Waals surface area contributed by atoms with E-state index in [1.165, 1.54) is 25.3 Å². The van der Waals surface area contributed by atoms with Crippen molar-refractivity contribution in [1.29, 1.82) is 0 Å². The number of aromatic nitrogens is 2. The van der Waals surface area contributed by atoms with Crippen molar-refractivity contribution in [3.63, 3.8) is 0 Å². The molecule has 0 fully saturated rings. The number of nitrogens with one attached hydrogen (secondary N) is 1. The molecule has 21 heavy (non-hydrogen) atoms. The van der Waals surface area contributed by atoms with Crippen LogP contribution in [0.4, 0.5) is 4.39 Å². The number of rotatable bonds is 3. The molecule has 0 saturated carbocycles. The minimum absolute atomic E-state index is 0.103. The lowest BCUT2D eigenvalue weighted by Gasteiger charge is -2.03. The highest BCUT2D eigenvalue weighted by Gasteiger charge is 2.14. The van der Waals surface area contributed by atoms with Gasteiger partial charge < -0.3 is 14.8 Å². The molecule has 6 heteroatoms. The molecule has 1 aromatic heterocycles. The van der Waals surface area contributed by atoms with Crippen LogP contribution in [-0.4, -0.2) is 28.2 Å². The number of aromatic amines is 1. The first kappa shape index (κ1) is 13.1. The second kappa shape index (κ2) is 4.90. The maximum atomic E-state index is 13.4. The molecule has 1 heterocycles. The number of aromatic carboxylic acids is 1. The summed E-state index contributed by atoms with van der Waals surface area (Å²) in [6, 6.07) is 9.20. The van der Waals surface area contributed by atoms with E-state index in [9.17, 15) is 9.18 Å². The Hall–Kier alpha value is -2.89. The molecule has 0 bridgehead atoms. The second-order valence-corrected chi connectivity index (χ2v) is 4.44. The average Bonchev–Trinajstić information content (AvgIpc) is 2.91. The quantitative estimate of drug-likeness (QED) is 0.776. The SMILES string of the molecule is COc1cc(-c2nc3c(C(=O)O)cccc3[nH]2)ccc1F. The van der Waals surface area contributed by atoms with Crippen LogP contribution in [0.15, 0.2) is 36.4 Å². The predicted octanol–water partition coefficient (Wildman–Crippen LogP) is 3.08. The maximum absolute atomic E-state index is 13.4. The van der Waals surface area contributed by atoms with Gasteiger partial charge >= 0.3 is 5.97 Å². The normalized spacial score (nSPS) is 10.8. The number of halogens is 1. The van der Waals surface area contributed by atoms with Gasteiger partial charge in [0.15, 0.2) is 11.6 Å². The van der Waals surface area contributed by atoms with Gasteiger partial charge in [0.05, 0.1) is 18.2 Å². The minimum atomic E-state index is -1.05. The molecule has 106 valence electrons. The van der Waals surface area contributed by atoms with E-state index in [2.05, 4.69) is 9.97 Å². The number of carboxylic acids is 1. The number of imidazole rings is 1. The minimum Gasteiger partial charge on any atom is -0.494 e. The summed E-state index contributed by atoms with van der Waals surface area (Å²) in [6.07, 6.45) is 0. The van der Waals surface area contributed by atoms with Crippen molar-refractivity contribution >= 4 is 17.0 Å². The number of ether oxygens (including phenoxy) is 1. The number of benzene rings is 2. The highest BCUT2D eigenvalue weighted by atomic mass is 19.1. The molecule has 0 aliphatic carbocycles. The van der Waals surface area contributed by atoms with E-state index in [0.29, 0.717) is 22.4 Å². The third-order valence-corrected chi connectivity index (χ3v) is 3.17. The van der Waals surface area contributed by atoms with Gasteiger partial charge in [-0.15, -0.1) is 0 Å². The lowest BCUT2D eigenvalue weighted by atomic mass is 10.2. The zero-order valence-corrected chi connectivity index (χ0v) is 11.1. The van der Waals surface area contributed by atoms with Crippen LogP contribution in [-0.2, 0) is 0 Å². The summed E-state index contributed by atoms with van der Waals surface area (Å²) < 4.78 is 18.4. The molecule has 3 rings (SSSR count). The molecular formula is C15H11FN2O3. The van der Waals surface area contributed by atoms with Crippen LogP contribution in [0.5, 0.6) is 5.75 Å². The lowest BCUT2D eigenvalue weighted by Crippen LogP contribution is -1.96. The number of para-hydroxylation sites is 1. The van der Waals surface area contributed by atoms with E-state index in [1.54, 1.807) is 18.2 Å². The second-order valence-electron chi connectivity index (χ2n) is 4.44. The maximum Gasteiger partial charge on any atom is 0.337 e. The van der Waals surface area contributed by atoms with Crippen LogP contribution in [0.2, 0.25) is 0 Å². The molecule has 0 amide bonds. The van der Waals surface area contributed by atoms with Crippen molar-refractivity contribution in [2.24, 2.45) is 0 Å². The summed E-state index contributed by atoms with van der Waals surface area (Å²) in [7, 11) is 1.38. The summed E-state index contributed by atoms with van der Waals surface area (Å²) in [5.74, 6) is -0.956. The number of carboxylic acid groups (broad SMARTS) is 1. The molecule has 2 aromatic carbocycles. The number of hydrogen-bond acceptors (Lipinski definition) is 3. The first-order chi connectivity index (χ1) is 10.1. The predicted molar refractivity (Wildman–Crippen MR) is 75.0 cm³/mol. The summed E-state index contributed by atoms with van der Waals surface area (Å²) in [6.45, 7) is 0. The van der Waals surface area contributed by atoms with Crippen molar-refractivity contribution in [1.82, 2.24) is 9.97 Å². The highest BCUT2D eigenvalue weighted by molar-refractivity contribution is 6.01. The Morgan fingerprint density at radius 3 is 2.86 bits per heavy atom. The van der Waals surface area contributed by atoms with Gasteiger partial charge in [-0.3, -0.25) is 0 Å². The van der Waals surface area contributed by atoms with Crippen molar-refractivity contribution in [2.45, 2.75) is 0 Å². The third-order valence-electron chi connectivity index (χ3n) is 3.17. The summed E-state index contributed by atoms with van der Waals surface area (Å²) in [4.78, 5) is 18.5. The topological polar surface area (TPSA) is 75.2 Å². The van der Waals surface area contributed by atoms with Crippen LogP contribution in [0.3, 0.4) is 0 Å². The molecule has 5 nitrogen and oxygen atoms in total. The van der Waals surface area contributed by atoms with Gasteiger partial charge in [0.2, 0.25) is 0 Å². The zero-order valence-electron chi connectivity index (χ0n) is 11.1. The van der Waals surface area contributed by atoms with E-state index in [0.717, 1.165) is 0 Å². The van der Waals surface area contributed by atoms with Crippen molar-refractivity contribution < 1.29 is 19.0 Å². The van der Waals surface area contributed by atoms with Gasteiger partial charge in [-0.1, -0.05) is 6.07 Å². The Labute approximate surface area is 119 Å². The molecule has 2 N–H and O–H groups in total. The highest BCUT2D eigenvalue weighted by Crippen LogP contribution is 2.27. The Kier molecular flexibility index (Phi) is 3.06. The fraction of sp³-hybridized carbons (Fsp3) is 0.0667. The number of hydrogen-bond donors (Lipinski definition) is 2. The Balaban J connectivity index is 2.17. The Morgan fingerprint density at radius 1 is 1.33 bits per heavy atom. The third kappa shape index (κ3) is 2.20. The summed E-state index contributed by atoms with van der Waals surface area (Å²) in [5, 5.41) is 9.16. The van der Waals surface area contributed by atoms with E-state index in [1.807, 2.05) is 0 Å². The first-order valence-electron chi connectivity index (χ1n) is 6.16. The molecule has 3 aromatic rings. The van der Waals surface area contributed by atoms with Crippen molar-refractivity contribution in [2.75, 3.05) is 7.11 Å².